The van der Waals surface area contributed by atoms with Gasteiger partial charge in [0.05, 0.1) is 18.0 Å². The normalized spacial score (nSPS) is 12.7. The number of fused-ring (bicyclic) bond motifs is 1. The van der Waals surface area contributed by atoms with Crippen LogP contribution in [0.5, 0.6) is 5.75 Å². The zero-order chi connectivity index (χ0) is 20.8. The fraction of sp³-hybridized carbons (Fsp3) is 0.158. The summed E-state index contributed by atoms with van der Waals surface area (Å²) in [4.78, 5) is 34.3. The third kappa shape index (κ3) is 5.36. The van der Waals surface area contributed by atoms with E-state index in [1.165, 1.54) is 42.5 Å². The summed E-state index contributed by atoms with van der Waals surface area (Å²) in [6.07, 6.45) is 2.41. The molecule has 150 valence electrons. The molecule has 1 aliphatic heterocycles. The van der Waals surface area contributed by atoms with Crippen LogP contribution in [0.25, 0.3) is 6.08 Å². The number of benzene rings is 2. The average molecular weight is 401 g/mol. The number of hydrogen-bond acceptors (Lipinski definition) is 6. The van der Waals surface area contributed by atoms with Gasteiger partial charge in [-0.1, -0.05) is 12.1 Å². The van der Waals surface area contributed by atoms with E-state index >= 15 is 0 Å². The van der Waals surface area contributed by atoms with Gasteiger partial charge in [-0.2, -0.15) is 0 Å². The van der Waals surface area contributed by atoms with Crippen LogP contribution in [0.3, 0.4) is 0 Å². The lowest BCUT2D eigenvalue weighted by Gasteiger charge is -2.19. The molecule has 0 spiro atoms. The lowest BCUT2D eigenvalue weighted by Crippen LogP contribution is -2.41. The quantitative estimate of drug-likeness (QED) is 0.449. The Hall–Kier alpha value is -3.79. The topological polar surface area (TPSA) is 120 Å². The molecule has 0 bridgehead atoms. The first-order valence-electron chi connectivity index (χ1n) is 8.45. The van der Waals surface area contributed by atoms with Crippen LogP contribution in [0.1, 0.15) is 16.7 Å². The lowest BCUT2D eigenvalue weighted by molar-refractivity contribution is -0.385. The fourth-order valence-electron chi connectivity index (χ4n) is 2.63. The van der Waals surface area contributed by atoms with E-state index in [1.54, 1.807) is 0 Å². The Labute approximate surface area is 164 Å². The standard InChI is InChI=1S/C19H16FN3O6/c20-15-4-1-12(2-5-15)7-18(25)22-21-17(24)6-3-13-8-16(23(26)27)9-14-10-28-11-29-19(13)14/h1-6,8-9H,7,10-11H2,(H,21,24)(H,22,25)/b6-3+. The predicted octanol–water partition coefficient (Wildman–Crippen LogP) is 2.00. The van der Waals surface area contributed by atoms with E-state index in [4.69, 9.17) is 9.47 Å². The van der Waals surface area contributed by atoms with Crippen LogP contribution in [0.15, 0.2) is 42.5 Å². The van der Waals surface area contributed by atoms with Gasteiger partial charge in [-0.15, -0.1) is 0 Å². The van der Waals surface area contributed by atoms with Crippen LogP contribution >= 0.6 is 0 Å². The Morgan fingerprint density at radius 2 is 1.97 bits per heavy atom. The first-order valence-corrected chi connectivity index (χ1v) is 8.45. The second kappa shape index (κ2) is 8.93. The molecule has 0 fully saturated rings. The fourth-order valence-corrected chi connectivity index (χ4v) is 2.63. The molecule has 2 aromatic rings. The van der Waals surface area contributed by atoms with Gasteiger partial charge in [-0.3, -0.25) is 30.6 Å². The minimum Gasteiger partial charge on any atom is -0.467 e. The first kappa shape index (κ1) is 20.0. The summed E-state index contributed by atoms with van der Waals surface area (Å²) in [5, 5.41) is 11.1. The molecule has 0 unspecified atom stereocenters. The van der Waals surface area contributed by atoms with Crippen molar-refractivity contribution >= 4 is 23.6 Å². The number of amides is 2. The van der Waals surface area contributed by atoms with Gasteiger partial charge in [0.15, 0.2) is 6.79 Å². The summed E-state index contributed by atoms with van der Waals surface area (Å²) < 4.78 is 23.3. The first-order chi connectivity index (χ1) is 13.9. The van der Waals surface area contributed by atoms with Crippen molar-refractivity contribution in [1.82, 2.24) is 10.9 Å². The Balaban J connectivity index is 1.61. The number of rotatable bonds is 5. The van der Waals surface area contributed by atoms with Crippen molar-refractivity contribution in [2.45, 2.75) is 13.0 Å². The number of carbonyl (C=O) groups is 2. The molecule has 10 heteroatoms. The Morgan fingerprint density at radius 3 is 2.69 bits per heavy atom. The Morgan fingerprint density at radius 1 is 1.21 bits per heavy atom. The molecule has 0 atom stereocenters. The maximum absolute atomic E-state index is 12.9. The maximum Gasteiger partial charge on any atom is 0.270 e. The highest BCUT2D eigenvalue weighted by Gasteiger charge is 2.19. The minimum atomic E-state index is -0.648. The highest BCUT2D eigenvalue weighted by molar-refractivity contribution is 5.93. The summed E-state index contributed by atoms with van der Waals surface area (Å²) in [6, 6.07) is 8.02. The van der Waals surface area contributed by atoms with Crippen molar-refractivity contribution in [2.75, 3.05) is 6.79 Å². The number of halogens is 1. The van der Waals surface area contributed by atoms with Crippen LogP contribution in [-0.2, 0) is 27.4 Å². The molecule has 0 radical (unpaired) electrons. The van der Waals surface area contributed by atoms with Crippen LogP contribution < -0.4 is 15.6 Å². The second-order valence-corrected chi connectivity index (χ2v) is 6.07. The summed E-state index contributed by atoms with van der Waals surface area (Å²) >= 11 is 0. The van der Waals surface area contributed by atoms with E-state index in [2.05, 4.69) is 10.9 Å². The van der Waals surface area contributed by atoms with E-state index < -0.39 is 22.6 Å². The zero-order valence-corrected chi connectivity index (χ0v) is 15.0. The van der Waals surface area contributed by atoms with Gasteiger partial charge >= 0.3 is 0 Å². The van der Waals surface area contributed by atoms with Gasteiger partial charge in [-0.25, -0.2) is 4.39 Å². The summed E-state index contributed by atoms with van der Waals surface area (Å²) in [5.41, 5.74) is 5.69. The maximum atomic E-state index is 12.9. The zero-order valence-electron chi connectivity index (χ0n) is 15.0. The average Bonchev–Trinajstić information content (AvgIpc) is 2.72. The molecule has 3 rings (SSSR count). The number of carbonyl (C=O) groups excluding carboxylic acids is 2. The Bertz CT molecular complexity index is 975. The van der Waals surface area contributed by atoms with Crippen LogP contribution in [0.4, 0.5) is 10.1 Å². The molecular weight excluding hydrogens is 385 g/mol. The largest absolute Gasteiger partial charge is 0.467 e. The molecule has 2 N–H and O–H groups in total. The van der Waals surface area contributed by atoms with E-state index in [9.17, 15) is 24.1 Å². The molecule has 2 amide bonds. The minimum absolute atomic E-state index is 0.00269. The Kier molecular flexibility index (Phi) is 6.15. The molecular formula is C19H16FN3O6. The lowest BCUT2D eigenvalue weighted by atomic mass is 10.1. The predicted molar refractivity (Wildman–Crippen MR) is 98.8 cm³/mol. The molecule has 0 saturated heterocycles. The van der Waals surface area contributed by atoms with Gasteiger partial charge in [0.1, 0.15) is 11.6 Å². The van der Waals surface area contributed by atoms with Gasteiger partial charge < -0.3 is 9.47 Å². The van der Waals surface area contributed by atoms with Crippen LogP contribution in [0, 0.1) is 15.9 Å². The van der Waals surface area contributed by atoms with Crippen molar-refractivity contribution in [2.24, 2.45) is 0 Å². The molecule has 0 aromatic heterocycles. The smallest absolute Gasteiger partial charge is 0.270 e. The van der Waals surface area contributed by atoms with Crippen LogP contribution in [-0.4, -0.2) is 23.5 Å². The van der Waals surface area contributed by atoms with Gasteiger partial charge in [0.25, 0.3) is 11.6 Å². The monoisotopic (exact) mass is 401 g/mol. The van der Waals surface area contributed by atoms with Gasteiger partial charge in [0, 0.05) is 29.3 Å². The van der Waals surface area contributed by atoms with Crippen LogP contribution in [0.2, 0.25) is 0 Å². The molecule has 0 aliphatic carbocycles. The number of nitro benzene ring substituents is 1. The van der Waals surface area contributed by atoms with Crippen molar-refractivity contribution in [3.8, 4) is 5.75 Å². The van der Waals surface area contributed by atoms with E-state index in [-0.39, 0.29) is 25.5 Å². The van der Waals surface area contributed by atoms with E-state index in [1.807, 2.05) is 0 Å². The van der Waals surface area contributed by atoms with E-state index in [0.717, 1.165) is 6.08 Å². The van der Waals surface area contributed by atoms with Crippen molar-refractivity contribution in [3.63, 3.8) is 0 Å². The number of hydrogen-bond donors (Lipinski definition) is 2. The number of non-ortho nitro benzene ring substituents is 1. The number of nitrogens with zero attached hydrogens (tertiary/aromatic N) is 1. The number of nitrogens with one attached hydrogen (secondary N) is 2. The summed E-state index contributed by atoms with van der Waals surface area (Å²) in [6.45, 7) is 0.154. The van der Waals surface area contributed by atoms with Gasteiger partial charge in [-0.05, 0) is 23.8 Å². The molecule has 1 aliphatic rings. The molecule has 9 nitrogen and oxygen atoms in total. The third-order valence-electron chi connectivity index (χ3n) is 3.95. The number of nitro groups is 1. The van der Waals surface area contributed by atoms with Crippen molar-refractivity contribution in [1.29, 1.82) is 0 Å². The number of hydrazine groups is 1. The van der Waals surface area contributed by atoms with Crippen molar-refractivity contribution in [3.05, 3.63) is 75.1 Å². The molecule has 0 saturated carbocycles. The highest BCUT2D eigenvalue weighted by atomic mass is 19.1. The number of ether oxygens (including phenoxy) is 2. The SMILES string of the molecule is O=C(/C=C/c1cc([N+](=O)[O-])cc2c1OCOC2)NNC(=O)Cc1ccc(F)cc1. The highest BCUT2D eigenvalue weighted by Crippen LogP contribution is 2.33. The molecule has 29 heavy (non-hydrogen) atoms. The van der Waals surface area contributed by atoms with E-state index in [0.29, 0.717) is 22.4 Å². The molecule has 1 heterocycles. The molecule has 2 aromatic carbocycles. The third-order valence-corrected chi connectivity index (χ3v) is 3.95. The summed E-state index contributed by atoms with van der Waals surface area (Å²) in [7, 11) is 0. The summed E-state index contributed by atoms with van der Waals surface area (Å²) in [5.74, 6) is -1.16. The van der Waals surface area contributed by atoms with Gasteiger partial charge in [0.2, 0.25) is 5.91 Å². The van der Waals surface area contributed by atoms with Crippen molar-refractivity contribution < 1.29 is 28.4 Å². The second-order valence-electron chi connectivity index (χ2n) is 6.07.